The molecule has 0 saturated heterocycles. The third-order valence-corrected chi connectivity index (χ3v) is 1.47. The Morgan fingerprint density at radius 1 is 1.55 bits per heavy atom. The summed E-state index contributed by atoms with van der Waals surface area (Å²) in [5.74, 6) is -0.0424. The lowest BCUT2D eigenvalue weighted by molar-refractivity contribution is -0.383. The molecule has 0 heterocycles. The minimum absolute atomic E-state index is 0.0424. The van der Waals surface area contributed by atoms with Crippen molar-refractivity contribution < 1.29 is 10.0 Å². The van der Waals surface area contributed by atoms with Crippen molar-refractivity contribution in [2.45, 2.75) is 0 Å². The zero-order valence-corrected chi connectivity index (χ0v) is 5.94. The van der Waals surface area contributed by atoms with Crippen LogP contribution < -0.4 is 5.46 Å². The Labute approximate surface area is 64.0 Å². The molecule has 1 aromatic carbocycles. The van der Waals surface area contributed by atoms with Crippen molar-refractivity contribution in [2.75, 3.05) is 0 Å². The van der Waals surface area contributed by atoms with Gasteiger partial charge in [0.1, 0.15) is 5.75 Å². The minimum atomic E-state index is -0.519. The van der Waals surface area contributed by atoms with Crippen molar-refractivity contribution in [2.24, 2.45) is 0 Å². The molecule has 0 aromatic heterocycles. The van der Waals surface area contributed by atoms with Gasteiger partial charge in [0.2, 0.25) is 0 Å². The monoisotopic (exact) mass is 151 g/mol. The Morgan fingerprint density at radius 2 is 2.18 bits per heavy atom. The van der Waals surface area contributed by atoms with Crippen LogP contribution in [-0.4, -0.2) is 17.9 Å². The number of nitrogens with zero attached hydrogens (tertiary/aromatic N) is 1. The van der Waals surface area contributed by atoms with Crippen LogP contribution in [0.4, 0.5) is 5.69 Å². The Hall–Kier alpha value is -1.52. The van der Waals surface area contributed by atoms with E-state index in [4.69, 9.17) is 5.11 Å². The smallest absolute Gasteiger partial charge is 0.266 e. The summed E-state index contributed by atoms with van der Waals surface area (Å²) in [6.07, 6.45) is 0. The Bertz CT molecular complexity index is 300. The highest BCUT2D eigenvalue weighted by molar-refractivity contribution is 6.36. The van der Waals surface area contributed by atoms with Gasteiger partial charge in [-0.25, -0.2) is 0 Å². The van der Waals surface area contributed by atoms with Crippen molar-refractivity contribution in [3.8, 4) is 5.75 Å². The van der Waals surface area contributed by atoms with Crippen molar-refractivity contribution in [3.05, 3.63) is 28.3 Å². The van der Waals surface area contributed by atoms with Crippen molar-refractivity contribution in [1.82, 2.24) is 0 Å². The number of phenols is 1. The maximum atomic E-state index is 10.3. The van der Waals surface area contributed by atoms with Crippen LogP contribution in [0.3, 0.4) is 0 Å². The summed E-state index contributed by atoms with van der Waals surface area (Å²) in [5.41, 5.74) is 0.252. The number of nitro benzene ring substituents is 1. The molecule has 0 aliphatic carbocycles. The lowest BCUT2D eigenvalue weighted by Gasteiger charge is -1.97. The second kappa shape index (κ2) is 2.61. The van der Waals surface area contributed by atoms with Crippen molar-refractivity contribution >= 4 is 19.0 Å². The van der Waals surface area contributed by atoms with Gasteiger partial charge in [0.15, 0.2) is 7.85 Å². The van der Waals surface area contributed by atoms with Crippen molar-refractivity contribution in [1.29, 1.82) is 0 Å². The molecule has 1 rings (SSSR count). The van der Waals surface area contributed by atoms with Gasteiger partial charge in [-0.05, 0) is 6.07 Å². The molecule has 0 aliphatic rings. The standard InChI is InChI=1S/C6H6BNO3/c7-6-4(8(10)11)2-1-3-5(6)9/h1-3,9H,7H2. The fourth-order valence-corrected chi connectivity index (χ4v) is 0.809. The first-order chi connectivity index (χ1) is 5.13. The molecule has 0 amide bonds. The van der Waals surface area contributed by atoms with E-state index in [1.54, 1.807) is 0 Å². The first-order valence-electron chi connectivity index (χ1n) is 3.06. The van der Waals surface area contributed by atoms with Gasteiger partial charge in [-0.3, -0.25) is 10.1 Å². The molecule has 0 radical (unpaired) electrons. The summed E-state index contributed by atoms with van der Waals surface area (Å²) in [7, 11) is 1.51. The summed E-state index contributed by atoms with van der Waals surface area (Å²) in [4.78, 5) is 9.75. The van der Waals surface area contributed by atoms with Crippen LogP contribution >= 0.6 is 0 Å². The van der Waals surface area contributed by atoms with Gasteiger partial charge >= 0.3 is 0 Å². The number of phenolic OH excluding ortho intramolecular Hbond substituents is 1. The average molecular weight is 151 g/mol. The lowest BCUT2D eigenvalue weighted by atomic mass is 9.93. The normalized spacial score (nSPS) is 9.45. The van der Waals surface area contributed by atoms with Crippen LogP contribution in [0.15, 0.2) is 18.2 Å². The van der Waals surface area contributed by atoms with Crippen LogP contribution in [0.25, 0.3) is 0 Å². The van der Waals surface area contributed by atoms with E-state index in [0.29, 0.717) is 5.46 Å². The van der Waals surface area contributed by atoms with E-state index in [9.17, 15) is 10.1 Å². The second-order valence-electron chi connectivity index (χ2n) is 2.18. The molecular weight excluding hydrogens is 145 g/mol. The van der Waals surface area contributed by atoms with E-state index in [1.165, 1.54) is 26.0 Å². The predicted molar refractivity (Wildman–Crippen MR) is 42.9 cm³/mol. The molecule has 0 saturated carbocycles. The molecule has 0 unspecified atom stereocenters. The molecule has 1 N–H and O–H groups in total. The summed E-state index contributed by atoms with van der Waals surface area (Å²) >= 11 is 0. The molecule has 0 aliphatic heterocycles. The second-order valence-corrected chi connectivity index (χ2v) is 2.18. The number of hydrogen-bond donors (Lipinski definition) is 1. The topological polar surface area (TPSA) is 63.4 Å². The molecule has 4 nitrogen and oxygen atoms in total. The Kier molecular flexibility index (Phi) is 1.80. The van der Waals surface area contributed by atoms with Crippen LogP contribution in [0.5, 0.6) is 5.75 Å². The van der Waals surface area contributed by atoms with Gasteiger partial charge in [0, 0.05) is 11.5 Å². The van der Waals surface area contributed by atoms with Gasteiger partial charge in [-0.15, -0.1) is 0 Å². The first kappa shape index (κ1) is 7.59. The zero-order chi connectivity index (χ0) is 8.43. The molecule has 5 heteroatoms. The highest BCUT2D eigenvalue weighted by Gasteiger charge is 2.11. The summed E-state index contributed by atoms with van der Waals surface area (Å²) in [6.45, 7) is 0. The van der Waals surface area contributed by atoms with Gasteiger partial charge in [-0.2, -0.15) is 0 Å². The highest BCUT2D eigenvalue weighted by atomic mass is 16.6. The van der Waals surface area contributed by atoms with Crippen LogP contribution in [0.1, 0.15) is 0 Å². The molecule has 0 fully saturated rings. The van der Waals surface area contributed by atoms with Crippen molar-refractivity contribution in [3.63, 3.8) is 0 Å². The number of nitro groups is 1. The van der Waals surface area contributed by atoms with E-state index in [2.05, 4.69) is 0 Å². The molecular formula is C6H6BNO3. The summed E-state index contributed by atoms with van der Waals surface area (Å²) in [6, 6.07) is 4.22. The number of aromatic hydroxyl groups is 1. The third-order valence-electron chi connectivity index (χ3n) is 1.47. The van der Waals surface area contributed by atoms with Gasteiger partial charge < -0.3 is 5.11 Å². The third kappa shape index (κ3) is 1.31. The summed E-state index contributed by atoms with van der Waals surface area (Å²) in [5, 5.41) is 19.3. The fraction of sp³-hybridized carbons (Fsp3) is 0. The lowest BCUT2D eigenvalue weighted by Crippen LogP contribution is -2.09. The predicted octanol–water partition coefficient (Wildman–Crippen LogP) is -0.441. The van der Waals surface area contributed by atoms with Gasteiger partial charge in [0.05, 0.1) is 4.92 Å². The first-order valence-corrected chi connectivity index (χ1v) is 3.06. The molecule has 0 spiro atoms. The van der Waals surface area contributed by atoms with E-state index in [1.807, 2.05) is 0 Å². The van der Waals surface area contributed by atoms with Crippen LogP contribution in [0, 0.1) is 10.1 Å². The van der Waals surface area contributed by atoms with Crippen LogP contribution in [-0.2, 0) is 0 Å². The Balaban J connectivity index is 3.27. The molecule has 11 heavy (non-hydrogen) atoms. The zero-order valence-electron chi connectivity index (χ0n) is 5.94. The minimum Gasteiger partial charge on any atom is -0.508 e. The number of hydrogen-bond acceptors (Lipinski definition) is 3. The maximum absolute atomic E-state index is 10.3. The van der Waals surface area contributed by atoms with E-state index in [-0.39, 0.29) is 11.4 Å². The maximum Gasteiger partial charge on any atom is 0.266 e. The number of benzene rings is 1. The fourth-order valence-electron chi connectivity index (χ4n) is 0.809. The molecule has 0 bridgehead atoms. The largest absolute Gasteiger partial charge is 0.508 e. The SMILES string of the molecule is Bc1c(O)cccc1[N+](=O)[O-]. The van der Waals surface area contributed by atoms with E-state index < -0.39 is 4.92 Å². The summed E-state index contributed by atoms with van der Waals surface area (Å²) < 4.78 is 0. The molecule has 0 atom stereocenters. The molecule has 56 valence electrons. The van der Waals surface area contributed by atoms with E-state index >= 15 is 0 Å². The van der Waals surface area contributed by atoms with Crippen LogP contribution in [0.2, 0.25) is 0 Å². The number of rotatable bonds is 1. The average Bonchev–Trinajstić information content (AvgIpc) is 1.94. The van der Waals surface area contributed by atoms with E-state index in [0.717, 1.165) is 0 Å². The van der Waals surface area contributed by atoms with Gasteiger partial charge in [0.25, 0.3) is 5.69 Å². The Morgan fingerprint density at radius 3 is 2.64 bits per heavy atom. The molecule has 1 aromatic rings. The highest BCUT2D eigenvalue weighted by Crippen LogP contribution is 2.12. The quantitative estimate of drug-likeness (QED) is 0.336. The van der Waals surface area contributed by atoms with Gasteiger partial charge in [-0.1, -0.05) is 6.07 Å².